The highest BCUT2D eigenvalue weighted by Gasteiger charge is 2.08. The number of aromatic nitrogens is 1. The summed E-state index contributed by atoms with van der Waals surface area (Å²) in [7, 11) is 0. The molecule has 6 heteroatoms. The molecule has 0 atom stereocenters. The number of rotatable bonds is 3. The molecule has 0 spiro atoms. The summed E-state index contributed by atoms with van der Waals surface area (Å²) in [5.41, 5.74) is 5.31. The van der Waals surface area contributed by atoms with Crippen molar-refractivity contribution in [3.8, 4) is 23.6 Å². The van der Waals surface area contributed by atoms with Gasteiger partial charge in [0.15, 0.2) is 5.58 Å². The van der Waals surface area contributed by atoms with Gasteiger partial charge in [-0.3, -0.25) is 5.43 Å². The molecule has 2 aromatic carbocycles. The molecule has 1 N–H and O–H groups in total. The van der Waals surface area contributed by atoms with Crippen LogP contribution in [0, 0.1) is 22.7 Å². The third-order valence-electron chi connectivity index (χ3n) is 2.91. The molecular weight excluding hydrogens is 278 g/mol. The lowest BCUT2D eigenvalue weighted by Crippen LogP contribution is -1.96. The van der Waals surface area contributed by atoms with Gasteiger partial charge in [0.1, 0.15) is 17.7 Å². The Kier molecular flexibility index (Phi) is 3.51. The van der Waals surface area contributed by atoms with Gasteiger partial charge in [-0.2, -0.15) is 15.6 Å². The van der Waals surface area contributed by atoms with Crippen LogP contribution in [0.2, 0.25) is 0 Å². The number of nitrogens with zero attached hydrogens (tertiary/aromatic N) is 4. The summed E-state index contributed by atoms with van der Waals surface area (Å²) in [5, 5.41) is 21.0. The second-order valence-corrected chi connectivity index (χ2v) is 4.36. The number of fused-ring (bicyclic) bond motifs is 1. The number of hydrogen-bond donors (Lipinski definition) is 1. The summed E-state index contributed by atoms with van der Waals surface area (Å²) in [4.78, 5) is 4.42. The van der Waals surface area contributed by atoms with Crippen LogP contribution < -0.4 is 5.43 Å². The Labute approximate surface area is 125 Å². The fourth-order valence-corrected chi connectivity index (χ4v) is 1.91. The summed E-state index contributed by atoms with van der Waals surface area (Å²) >= 11 is 0. The molecule has 3 rings (SSSR count). The van der Waals surface area contributed by atoms with Crippen LogP contribution in [0.5, 0.6) is 0 Å². The normalized spacial score (nSPS) is 9.73. The number of nitriles is 2. The Bertz CT molecular complexity index is 894. The number of anilines is 1. The van der Waals surface area contributed by atoms with Gasteiger partial charge in [0.2, 0.25) is 11.6 Å². The van der Waals surface area contributed by atoms with Gasteiger partial charge >= 0.3 is 0 Å². The lowest BCUT2D eigenvalue weighted by Gasteiger charge is -2.01. The summed E-state index contributed by atoms with van der Waals surface area (Å²) < 4.78 is 5.70. The molecule has 0 saturated carbocycles. The second-order valence-electron chi connectivity index (χ2n) is 4.36. The molecule has 6 nitrogen and oxygen atoms in total. The SMILES string of the molecule is N#CC(C#N)=NNc1cccc(-c2nc3ccccc3o2)c1. The molecule has 0 unspecified atom stereocenters. The zero-order chi connectivity index (χ0) is 15.4. The highest BCUT2D eigenvalue weighted by molar-refractivity contribution is 6.10. The number of oxazole rings is 1. The minimum Gasteiger partial charge on any atom is -0.436 e. The van der Waals surface area contributed by atoms with Crippen LogP contribution in [0.15, 0.2) is 58.0 Å². The van der Waals surface area contributed by atoms with E-state index in [-0.39, 0.29) is 5.71 Å². The van der Waals surface area contributed by atoms with Crippen molar-refractivity contribution in [1.82, 2.24) is 4.98 Å². The maximum atomic E-state index is 8.65. The first-order valence-electron chi connectivity index (χ1n) is 6.40. The minimum absolute atomic E-state index is 0.243. The standard InChI is InChI=1S/C16H9N5O/c17-9-13(10-18)21-20-12-5-3-4-11(8-12)16-19-14-6-1-2-7-15(14)22-16/h1-8,20H. The van der Waals surface area contributed by atoms with Crippen molar-refractivity contribution in [2.45, 2.75) is 0 Å². The number of hydrogen-bond acceptors (Lipinski definition) is 6. The van der Waals surface area contributed by atoms with E-state index in [4.69, 9.17) is 14.9 Å². The number of nitrogens with one attached hydrogen (secondary N) is 1. The van der Waals surface area contributed by atoms with E-state index < -0.39 is 0 Å². The quantitative estimate of drug-likeness (QED) is 0.588. The number of para-hydroxylation sites is 2. The van der Waals surface area contributed by atoms with E-state index in [2.05, 4.69) is 15.5 Å². The van der Waals surface area contributed by atoms with Gasteiger partial charge in [0.25, 0.3) is 0 Å². The first kappa shape index (κ1) is 13.3. The van der Waals surface area contributed by atoms with Crippen molar-refractivity contribution in [2.24, 2.45) is 5.10 Å². The van der Waals surface area contributed by atoms with Crippen LogP contribution in [0.3, 0.4) is 0 Å². The zero-order valence-electron chi connectivity index (χ0n) is 11.3. The van der Waals surface area contributed by atoms with E-state index in [1.807, 2.05) is 30.3 Å². The largest absolute Gasteiger partial charge is 0.436 e. The van der Waals surface area contributed by atoms with Crippen molar-refractivity contribution in [1.29, 1.82) is 10.5 Å². The lowest BCUT2D eigenvalue weighted by molar-refractivity contribution is 0.620. The van der Waals surface area contributed by atoms with Gasteiger partial charge in [-0.1, -0.05) is 18.2 Å². The van der Waals surface area contributed by atoms with Crippen LogP contribution >= 0.6 is 0 Å². The summed E-state index contributed by atoms with van der Waals surface area (Å²) in [6.45, 7) is 0. The van der Waals surface area contributed by atoms with E-state index in [0.29, 0.717) is 17.2 Å². The lowest BCUT2D eigenvalue weighted by atomic mass is 10.2. The van der Waals surface area contributed by atoms with Crippen LogP contribution in [-0.2, 0) is 0 Å². The highest BCUT2D eigenvalue weighted by Crippen LogP contribution is 2.25. The Morgan fingerprint density at radius 2 is 1.91 bits per heavy atom. The summed E-state index contributed by atoms with van der Waals surface area (Å²) in [6.07, 6.45) is 0. The maximum Gasteiger partial charge on any atom is 0.237 e. The van der Waals surface area contributed by atoms with E-state index in [1.165, 1.54) is 0 Å². The topological polar surface area (TPSA) is 98.0 Å². The maximum absolute atomic E-state index is 8.65. The van der Waals surface area contributed by atoms with E-state index in [1.54, 1.807) is 30.3 Å². The molecule has 1 heterocycles. The molecule has 0 radical (unpaired) electrons. The van der Waals surface area contributed by atoms with E-state index >= 15 is 0 Å². The third kappa shape index (κ3) is 2.62. The first-order chi connectivity index (χ1) is 10.8. The predicted molar refractivity (Wildman–Crippen MR) is 81.7 cm³/mol. The minimum atomic E-state index is -0.243. The number of benzene rings is 2. The van der Waals surface area contributed by atoms with Gasteiger partial charge in [-0.25, -0.2) is 4.98 Å². The second kappa shape index (κ2) is 5.78. The van der Waals surface area contributed by atoms with Crippen molar-refractivity contribution >= 4 is 22.5 Å². The fraction of sp³-hybridized carbons (Fsp3) is 0. The molecule has 0 aliphatic heterocycles. The highest BCUT2D eigenvalue weighted by atomic mass is 16.3. The molecular formula is C16H9N5O. The Hall–Kier alpha value is -3.64. The summed E-state index contributed by atoms with van der Waals surface area (Å²) in [6, 6.07) is 18.1. The van der Waals surface area contributed by atoms with Crippen molar-refractivity contribution in [3.63, 3.8) is 0 Å². The Balaban J connectivity index is 1.93. The molecule has 0 aliphatic rings. The first-order valence-corrected chi connectivity index (χ1v) is 6.40. The monoisotopic (exact) mass is 287 g/mol. The molecule has 0 aliphatic carbocycles. The molecule has 0 bridgehead atoms. The van der Waals surface area contributed by atoms with Gasteiger partial charge in [-0.05, 0) is 30.3 Å². The van der Waals surface area contributed by atoms with Crippen molar-refractivity contribution < 1.29 is 4.42 Å². The molecule has 0 amide bonds. The fourth-order valence-electron chi connectivity index (χ4n) is 1.91. The van der Waals surface area contributed by atoms with Crippen molar-refractivity contribution in [3.05, 3.63) is 48.5 Å². The molecule has 3 aromatic rings. The molecule has 22 heavy (non-hydrogen) atoms. The van der Waals surface area contributed by atoms with Crippen LogP contribution in [-0.4, -0.2) is 10.7 Å². The third-order valence-corrected chi connectivity index (χ3v) is 2.91. The Morgan fingerprint density at radius 3 is 2.68 bits per heavy atom. The van der Waals surface area contributed by atoms with Gasteiger partial charge < -0.3 is 4.42 Å². The van der Waals surface area contributed by atoms with Crippen molar-refractivity contribution in [2.75, 3.05) is 5.43 Å². The van der Waals surface area contributed by atoms with Crippen LogP contribution in [0.25, 0.3) is 22.6 Å². The average molecular weight is 287 g/mol. The van der Waals surface area contributed by atoms with Crippen LogP contribution in [0.4, 0.5) is 5.69 Å². The van der Waals surface area contributed by atoms with Crippen LogP contribution in [0.1, 0.15) is 0 Å². The number of hydrazone groups is 1. The Morgan fingerprint density at radius 1 is 1.09 bits per heavy atom. The molecule has 104 valence electrons. The zero-order valence-corrected chi connectivity index (χ0v) is 11.3. The summed E-state index contributed by atoms with van der Waals surface area (Å²) in [5.74, 6) is 0.495. The molecule has 0 saturated heterocycles. The predicted octanol–water partition coefficient (Wildman–Crippen LogP) is 3.31. The van der Waals surface area contributed by atoms with Gasteiger partial charge in [0.05, 0.1) is 5.69 Å². The van der Waals surface area contributed by atoms with E-state index in [9.17, 15) is 0 Å². The molecule has 0 fully saturated rings. The smallest absolute Gasteiger partial charge is 0.237 e. The average Bonchev–Trinajstić information content (AvgIpc) is 3.00. The molecule has 1 aromatic heterocycles. The van der Waals surface area contributed by atoms with E-state index in [0.717, 1.165) is 11.1 Å². The van der Waals surface area contributed by atoms with Gasteiger partial charge in [0, 0.05) is 5.56 Å². The van der Waals surface area contributed by atoms with Gasteiger partial charge in [-0.15, -0.1) is 0 Å².